The van der Waals surface area contributed by atoms with E-state index in [-0.39, 0.29) is 0 Å². The summed E-state index contributed by atoms with van der Waals surface area (Å²) in [6, 6.07) is 5.72. The molecule has 0 aliphatic heterocycles. The highest BCUT2D eigenvalue weighted by molar-refractivity contribution is 4.89. The molecule has 1 aromatic heterocycles. The zero-order valence-corrected chi connectivity index (χ0v) is 18.0. The van der Waals surface area contributed by atoms with Crippen LogP contribution in [0.15, 0.2) is 30.6 Å². The largest absolute Gasteiger partial charge is 0.304 e. The van der Waals surface area contributed by atoms with Crippen LogP contribution in [-0.2, 0) is 0 Å². The molecule has 1 aliphatic carbocycles. The van der Waals surface area contributed by atoms with Crippen LogP contribution >= 0.6 is 0 Å². The molecule has 0 atom stereocenters. The van der Waals surface area contributed by atoms with Crippen molar-refractivity contribution in [1.29, 1.82) is 0 Å². The van der Waals surface area contributed by atoms with Crippen molar-refractivity contribution in [3.63, 3.8) is 0 Å². The minimum absolute atomic E-state index is 0.388. The highest BCUT2D eigenvalue weighted by Gasteiger charge is 2.33. The van der Waals surface area contributed by atoms with Crippen molar-refractivity contribution >= 4 is 0 Å². The second-order valence-corrected chi connectivity index (χ2v) is 6.70. The maximum Gasteiger partial charge on any atom is 0.0267 e. The third kappa shape index (κ3) is 10.1. The maximum absolute atomic E-state index is 3.78. The van der Waals surface area contributed by atoms with Crippen LogP contribution in [0, 0.1) is 11.8 Å². The van der Waals surface area contributed by atoms with Gasteiger partial charge in [0, 0.05) is 17.9 Å². The lowest BCUT2D eigenvalue weighted by Gasteiger charge is -2.43. The van der Waals surface area contributed by atoms with Crippen LogP contribution in [0.1, 0.15) is 80.6 Å². The lowest BCUT2D eigenvalue weighted by molar-refractivity contribution is 0.0758. The highest BCUT2D eigenvalue weighted by atomic mass is 15.1. The van der Waals surface area contributed by atoms with Crippen molar-refractivity contribution in [1.82, 2.24) is 9.88 Å². The summed E-state index contributed by atoms with van der Waals surface area (Å²) < 4.78 is 0. The number of hydrogen-bond donors (Lipinski definition) is 0. The number of nitrogens with zero attached hydrogens (tertiary/aromatic N) is 2. The molecule has 2 nitrogen and oxygen atoms in total. The Morgan fingerprint density at radius 2 is 1.33 bits per heavy atom. The predicted octanol–water partition coefficient (Wildman–Crippen LogP) is 6.68. The van der Waals surface area contributed by atoms with Gasteiger partial charge in [0.25, 0.3) is 0 Å². The van der Waals surface area contributed by atoms with Gasteiger partial charge in [-0.1, -0.05) is 59.9 Å². The van der Waals surface area contributed by atoms with Crippen LogP contribution < -0.4 is 0 Å². The van der Waals surface area contributed by atoms with E-state index in [0.717, 1.165) is 11.8 Å². The highest BCUT2D eigenvalue weighted by Crippen LogP contribution is 2.38. The van der Waals surface area contributed by atoms with Gasteiger partial charge in [-0.25, -0.2) is 0 Å². The second kappa shape index (κ2) is 15.6. The van der Waals surface area contributed by atoms with Crippen molar-refractivity contribution in [3.8, 4) is 0 Å². The summed E-state index contributed by atoms with van der Waals surface area (Å²) in [5, 5.41) is 0. The number of pyridine rings is 1. The van der Waals surface area contributed by atoms with Crippen molar-refractivity contribution in [2.24, 2.45) is 11.8 Å². The molecular weight excluding hydrogens is 292 g/mol. The number of rotatable bonds is 3. The summed E-state index contributed by atoms with van der Waals surface area (Å²) in [5.74, 6) is 1.92. The average Bonchev–Trinajstić information content (AvgIpc) is 2.67. The van der Waals surface area contributed by atoms with E-state index in [1.54, 1.807) is 12.4 Å². The molecule has 24 heavy (non-hydrogen) atoms. The van der Waals surface area contributed by atoms with Crippen LogP contribution in [0.3, 0.4) is 0 Å². The SMILES string of the molecule is CC.CC.CCC1CCC(C(C)(C)N(C)C)CC1.c1ccncc1. The van der Waals surface area contributed by atoms with E-state index in [1.165, 1.54) is 32.1 Å². The Labute approximate surface area is 153 Å². The molecule has 0 N–H and O–H groups in total. The fourth-order valence-electron chi connectivity index (χ4n) is 2.95. The zero-order chi connectivity index (χ0) is 19.0. The summed E-state index contributed by atoms with van der Waals surface area (Å²) in [4.78, 5) is 6.18. The second-order valence-electron chi connectivity index (χ2n) is 6.70. The molecular formula is C22H44N2. The molecule has 0 amide bonds. The first-order chi connectivity index (χ1) is 11.5. The van der Waals surface area contributed by atoms with Crippen molar-refractivity contribution in [2.45, 2.75) is 86.1 Å². The van der Waals surface area contributed by atoms with E-state index in [4.69, 9.17) is 0 Å². The molecule has 0 spiro atoms. The zero-order valence-electron chi connectivity index (χ0n) is 18.0. The molecule has 1 aromatic rings. The quantitative estimate of drug-likeness (QED) is 0.612. The van der Waals surface area contributed by atoms with Crippen molar-refractivity contribution < 1.29 is 0 Å². The van der Waals surface area contributed by atoms with E-state index in [0.29, 0.717) is 5.54 Å². The Morgan fingerprint density at radius 3 is 1.58 bits per heavy atom. The van der Waals surface area contributed by atoms with E-state index in [2.05, 4.69) is 44.8 Å². The number of hydrogen-bond acceptors (Lipinski definition) is 2. The lowest BCUT2D eigenvalue weighted by Crippen LogP contribution is -2.46. The van der Waals surface area contributed by atoms with Gasteiger partial charge in [0.05, 0.1) is 0 Å². The van der Waals surface area contributed by atoms with Crippen LogP contribution in [-0.4, -0.2) is 29.5 Å². The van der Waals surface area contributed by atoms with E-state index >= 15 is 0 Å². The van der Waals surface area contributed by atoms with Gasteiger partial charge in [-0.3, -0.25) is 4.98 Å². The number of aromatic nitrogens is 1. The predicted molar refractivity (Wildman–Crippen MR) is 110 cm³/mol. The smallest absolute Gasteiger partial charge is 0.0267 e. The van der Waals surface area contributed by atoms with Gasteiger partial charge in [0.15, 0.2) is 0 Å². The van der Waals surface area contributed by atoms with Gasteiger partial charge in [0.1, 0.15) is 0 Å². The molecule has 142 valence electrons. The van der Waals surface area contributed by atoms with Gasteiger partial charge in [-0.05, 0) is 64.8 Å². The normalized spacial score (nSPS) is 19.8. The van der Waals surface area contributed by atoms with Gasteiger partial charge in [-0.2, -0.15) is 0 Å². The van der Waals surface area contributed by atoms with Crippen LogP contribution in [0.25, 0.3) is 0 Å². The van der Waals surface area contributed by atoms with Crippen LogP contribution in [0.4, 0.5) is 0 Å². The summed E-state index contributed by atoms with van der Waals surface area (Å²) in [6.07, 6.45) is 10.7. The summed E-state index contributed by atoms with van der Waals surface area (Å²) in [5.41, 5.74) is 0.388. The molecule has 0 bridgehead atoms. The lowest BCUT2D eigenvalue weighted by atomic mass is 9.72. The topological polar surface area (TPSA) is 16.1 Å². The first-order valence-corrected chi connectivity index (χ1v) is 10.0. The van der Waals surface area contributed by atoms with Crippen molar-refractivity contribution in [2.75, 3.05) is 14.1 Å². The van der Waals surface area contributed by atoms with E-state index in [9.17, 15) is 0 Å². The maximum atomic E-state index is 3.78. The summed E-state index contributed by atoms with van der Waals surface area (Å²) in [6.45, 7) is 15.1. The van der Waals surface area contributed by atoms with Gasteiger partial charge in [-0.15, -0.1) is 0 Å². The standard InChI is InChI=1S/C13H27N.C5H5N.2C2H6/c1-6-11-7-9-12(10-8-11)13(2,3)14(4)5;1-2-4-6-5-3-1;2*1-2/h11-12H,6-10H2,1-5H3;1-5H;2*1-2H3. The molecule has 1 saturated carbocycles. The third-order valence-electron chi connectivity index (χ3n) is 5.14. The Morgan fingerprint density at radius 1 is 0.875 bits per heavy atom. The minimum Gasteiger partial charge on any atom is -0.304 e. The summed E-state index contributed by atoms with van der Waals surface area (Å²) >= 11 is 0. The molecule has 2 rings (SSSR count). The van der Waals surface area contributed by atoms with Gasteiger partial charge in [0.2, 0.25) is 0 Å². The third-order valence-corrected chi connectivity index (χ3v) is 5.14. The average molecular weight is 337 g/mol. The van der Waals surface area contributed by atoms with Crippen LogP contribution in [0.2, 0.25) is 0 Å². The van der Waals surface area contributed by atoms with E-state index < -0.39 is 0 Å². The Hall–Kier alpha value is -0.890. The fraction of sp³-hybridized carbons (Fsp3) is 0.773. The van der Waals surface area contributed by atoms with E-state index in [1.807, 2.05) is 45.9 Å². The molecule has 0 unspecified atom stereocenters. The van der Waals surface area contributed by atoms with Gasteiger partial charge < -0.3 is 4.90 Å². The van der Waals surface area contributed by atoms with Crippen molar-refractivity contribution in [3.05, 3.63) is 30.6 Å². The Kier molecular flexibility index (Phi) is 16.5. The minimum atomic E-state index is 0.388. The molecule has 1 fully saturated rings. The Bertz CT molecular complexity index is 312. The van der Waals surface area contributed by atoms with Gasteiger partial charge >= 0.3 is 0 Å². The van der Waals surface area contributed by atoms with Crippen LogP contribution in [0.5, 0.6) is 0 Å². The summed E-state index contributed by atoms with van der Waals surface area (Å²) in [7, 11) is 4.43. The molecule has 0 radical (unpaired) electrons. The monoisotopic (exact) mass is 336 g/mol. The molecule has 1 aliphatic rings. The Balaban J connectivity index is 0. The fourth-order valence-corrected chi connectivity index (χ4v) is 2.95. The molecule has 0 saturated heterocycles. The molecule has 0 aromatic carbocycles. The molecule has 1 heterocycles. The first kappa shape index (κ1) is 25.4. The molecule has 2 heteroatoms. The first-order valence-electron chi connectivity index (χ1n) is 10.0.